The van der Waals surface area contributed by atoms with Crippen LogP contribution in [0.5, 0.6) is 0 Å². The summed E-state index contributed by atoms with van der Waals surface area (Å²) in [6, 6.07) is 100. The highest BCUT2D eigenvalue weighted by molar-refractivity contribution is 6.06. The van der Waals surface area contributed by atoms with Crippen LogP contribution in [-0.2, 0) is 30.9 Å². The van der Waals surface area contributed by atoms with Crippen LogP contribution in [-0.4, -0.2) is 82.4 Å². The Morgan fingerprint density at radius 2 is 0.780 bits per heavy atom. The Bertz CT molecular complexity index is 6980. The summed E-state index contributed by atoms with van der Waals surface area (Å²) in [5, 5.41) is 33.1. The molecule has 19 rings (SSSR count). The van der Waals surface area contributed by atoms with E-state index in [4.69, 9.17) is 27.7 Å². The van der Waals surface area contributed by atoms with Gasteiger partial charge in [-0.25, -0.2) is 31.9 Å². The van der Waals surface area contributed by atoms with Crippen LogP contribution in [0.15, 0.2) is 322 Å². The second-order valence-electron chi connectivity index (χ2n) is 36.2. The van der Waals surface area contributed by atoms with Gasteiger partial charge in [0, 0.05) is 61.4 Å². The fourth-order valence-corrected chi connectivity index (χ4v) is 17.2. The molecule has 3 aliphatic carbocycles. The van der Waals surface area contributed by atoms with E-state index in [1.165, 1.54) is 67.5 Å². The van der Waals surface area contributed by atoms with Crippen molar-refractivity contribution in [1.82, 2.24) is 44.4 Å². The first-order valence-corrected chi connectivity index (χ1v) is 48.1. The molecule has 720 valence electrons. The van der Waals surface area contributed by atoms with Crippen molar-refractivity contribution in [3.8, 4) is 22.7 Å². The van der Waals surface area contributed by atoms with Crippen molar-refractivity contribution in [2.45, 2.75) is 137 Å². The predicted octanol–water partition coefficient (Wildman–Crippen LogP) is 22.5. The van der Waals surface area contributed by atoms with Crippen LogP contribution in [0, 0.1) is 62.9 Å². The smallest absolute Gasteiger partial charge is 0.274 e. The van der Waals surface area contributed by atoms with Crippen LogP contribution in [0.2, 0.25) is 0 Å². The van der Waals surface area contributed by atoms with Crippen LogP contribution >= 0.6 is 0 Å². The number of halogens is 3. The van der Waals surface area contributed by atoms with E-state index in [2.05, 4.69) is 113 Å². The van der Waals surface area contributed by atoms with Crippen molar-refractivity contribution >= 4 is 57.8 Å². The minimum Gasteiger partial charge on any atom is -0.368 e. The molecule has 4 amide bonds. The summed E-state index contributed by atoms with van der Waals surface area (Å²) in [7, 11) is 0. The quantitative estimate of drug-likeness (QED) is 0.0178. The minimum absolute atomic E-state index is 0.102. The highest BCUT2D eigenvalue weighted by Gasteiger charge is 2.31. The van der Waals surface area contributed by atoms with E-state index in [-0.39, 0.29) is 29.2 Å². The highest BCUT2D eigenvalue weighted by Crippen LogP contribution is 2.41. The van der Waals surface area contributed by atoms with Crippen molar-refractivity contribution in [3.63, 3.8) is 0 Å². The van der Waals surface area contributed by atoms with Gasteiger partial charge in [0.2, 0.25) is 0 Å². The number of carbonyl (C=O) groups is 4. The molecule has 16 aromatic rings. The number of aryl methyl sites for hydroxylation is 4. The van der Waals surface area contributed by atoms with Crippen LogP contribution in [0.3, 0.4) is 0 Å². The zero-order valence-corrected chi connectivity index (χ0v) is 79.9. The van der Waals surface area contributed by atoms with E-state index in [1.807, 2.05) is 222 Å². The van der Waals surface area contributed by atoms with E-state index in [0.29, 0.717) is 107 Å². The van der Waals surface area contributed by atoms with E-state index in [9.17, 15) is 32.3 Å². The molecular formula is C115H119F3N18O5. The Labute approximate surface area is 820 Å². The molecule has 23 nitrogen and oxygen atoms in total. The average Bonchev–Trinajstić information content (AvgIpc) is 1.69. The predicted molar refractivity (Wildman–Crippen MR) is 552 cm³/mol. The van der Waals surface area contributed by atoms with Gasteiger partial charge in [0.25, 0.3) is 23.6 Å². The molecule has 141 heavy (non-hydrogen) atoms. The summed E-state index contributed by atoms with van der Waals surface area (Å²) in [6.07, 6.45) is 10.4. The molecule has 4 aromatic heterocycles. The number of nitrogens with two attached hydrogens (primary N) is 4. The second-order valence-corrected chi connectivity index (χ2v) is 36.2. The lowest BCUT2D eigenvalue weighted by molar-refractivity contribution is 0.0716. The highest BCUT2D eigenvalue weighted by atomic mass is 19.1. The fourth-order valence-electron chi connectivity index (χ4n) is 17.2. The lowest BCUT2D eigenvalue weighted by atomic mass is 9.86. The molecule has 0 spiro atoms. The molecule has 13 N–H and O–H groups in total. The Balaban J connectivity index is 0.000000135. The lowest BCUT2D eigenvalue weighted by Crippen LogP contribution is -2.25. The number of benzene rings is 12. The minimum atomic E-state index is -0.505. The van der Waals surface area contributed by atoms with Crippen molar-refractivity contribution < 1.29 is 37.1 Å². The monoisotopic (exact) mass is 1890 g/mol. The Morgan fingerprint density at radius 1 is 0.376 bits per heavy atom. The second kappa shape index (κ2) is 46.9. The Morgan fingerprint density at radius 3 is 1.23 bits per heavy atom. The van der Waals surface area contributed by atoms with Gasteiger partial charge in [0.15, 0.2) is 0 Å². The molecule has 3 atom stereocenters. The molecule has 3 saturated carbocycles. The van der Waals surface area contributed by atoms with E-state index in [1.54, 1.807) is 67.3 Å². The largest absolute Gasteiger partial charge is 0.368 e. The summed E-state index contributed by atoms with van der Waals surface area (Å²) < 4.78 is 57.0. The van der Waals surface area contributed by atoms with Crippen molar-refractivity contribution in [2.75, 3.05) is 45.9 Å². The first-order chi connectivity index (χ1) is 68.6. The van der Waals surface area contributed by atoms with Gasteiger partial charge in [-0.05, 0) is 298 Å². The lowest BCUT2D eigenvalue weighted by Gasteiger charge is -2.25. The standard InChI is InChI=1S/C30H32N4O.C29H30FN5O.C29H29FN4O2.C27H28FN5O/c1-21-17-29(34(33-21)27-12-5-7-23(18-27)20-31)30(35)32-26-11-6-10-25(19-26)28(16-15-22-13-14-22)24-8-3-2-4-9-24;1-19-14-27(35(34-19)24-9-5-6-21(15-24)17-31)29(36)33-26-16-23(12-13-25(26)30)28(32-18-20-10-11-20)22-7-3-2-4-8-22;1-19-12-27(34(33-19)26-9-5-6-21(13-26)17-31)29(35)32-25-15-23(14-24(30)16-25)28(36-18-20-10-11-20)22-7-3-2-4-8-22;1-3-14-32(21-9-5-4-6-10-21)22-12-13-24(28)25(17-22)30-27(34)26-15-19(2)31-33(26)23-11-7-8-20(16-23)18-29/h2-12,17-19,22,28H,13-16,20,31H2,1H3,(H,32,35);2-9,12-16,20,28,32H,10-11,17-18,31H2,1H3,(H,33,36);2-9,12-16,20,28H,10-11,17-18,31H2,1H3,(H,32,35);4-13,15-17H,3,14,18,29H2,1-2H3,(H,30,34). The van der Waals surface area contributed by atoms with Gasteiger partial charge < -0.3 is 59.2 Å². The number of aromatic nitrogens is 8. The fraction of sp³-hybridized carbons (Fsp3) is 0.235. The zero-order valence-electron chi connectivity index (χ0n) is 79.9. The van der Waals surface area contributed by atoms with Crippen LogP contribution < -0.4 is 54.4 Å². The maximum atomic E-state index is 14.9. The number of ether oxygens (including phenoxy) is 1. The molecule has 0 aliphatic heterocycles. The molecule has 4 heterocycles. The third-order valence-electron chi connectivity index (χ3n) is 24.9. The van der Waals surface area contributed by atoms with Gasteiger partial charge in [-0.2, -0.15) is 20.4 Å². The topological polar surface area (TPSA) is 316 Å². The maximum absolute atomic E-state index is 14.9. The van der Waals surface area contributed by atoms with Crippen LogP contribution in [0.4, 0.5) is 47.3 Å². The zero-order chi connectivity index (χ0) is 98.4. The molecule has 0 radical (unpaired) electrons. The number of rotatable bonds is 35. The number of hydrogen-bond acceptors (Lipinski definition) is 15. The first kappa shape index (κ1) is 98.7. The number of hydrogen-bond donors (Lipinski definition) is 9. The number of para-hydroxylation sites is 1. The van der Waals surface area contributed by atoms with E-state index >= 15 is 0 Å². The number of amides is 4. The molecular weight excluding hydrogens is 1770 g/mol. The molecule has 3 aliphatic rings. The van der Waals surface area contributed by atoms with Gasteiger partial charge >= 0.3 is 0 Å². The van der Waals surface area contributed by atoms with E-state index < -0.39 is 35.4 Å². The SMILES string of the molecule is CCCN(c1ccccc1)c1ccc(F)c(NC(=O)c2cc(C)nn2-c2cccc(CN)c2)c1.Cc1cc(C(=O)Nc2cc(C(NCC3CC3)c3ccccc3)ccc2F)n(-c2cccc(CN)c2)n1.Cc1cc(C(=O)Nc2cc(F)cc(C(OCC3CC3)c3ccccc3)c2)n(-c2cccc(CN)c2)n1.Cc1cc(C(=O)Nc2cccc(C(CCC3CC3)c3ccccc3)c2)n(-c2cccc(CN)c2)n1. The number of anilines is 6. The van der Waals surface area contributed by atoms with Gasteiger partial charge in [0.1, 0.15) is 46.3 Å². The Hall–Kier alpha value is -15.3. The molecule has 3 unspecified atom stereocenters. The third kappa shape index (κ3) is 26.2. The summed E-state index contributed by atoms with van der Waals surface area (Å²) in [4.78, 5) is 55.3. The summed E-state index contributed by atoms with van der Waals surface area (Å²) in [6.45, 7) is 13.3. The number of nitrogens with one attached hydrogen (secondary N) is 5. The average molecular weight is 1890 g/mol. The maximum Gasteiger partial charge on any atom is 0.274 e. The van der Waals surface area contributed by atoms with E-state index in [0.717, 1.165) is 123 Å². The van der Waals surface area contributed by atoms with Crippen LogP contribution in [0.25, 0.3) is 22.7 Å². The van der Waals surface area contributed by atoms with Crippen LogP contribution in [0.1, 0.15) is 203 Å². The van der Waals surface area contributed by atoms with Crippen molar-refractivity contribution in [3.05, 3.63) is 440 Å². The first-order valence-electron chi connectivity index (χ1n) is 48.1. The third-order valence-corrected chi connectivity index (χ3v) is 24.9. The summed E-state index contributed by atoms with van der Waals surface area (Å²) in [5.74, 6) is -0.449. The Kier molecular flexibility index (Phi) is 32.9. The van der Waals surface area contributed by atoms with Gasteiger partial charge in [-0.1, -0.05) is 196 Å². The normalized spacial score (nSPS) is 13.2. The number of nitrogens with zero attached hydrogens (tertiary/aromatic N) is 9. The molecule has 0 saturated heterocycles. The number of carbonyl (C=O) groups excluding carboxylic acids is 4. The molecule has 12 aromatic carbocycles. The summed E-state index contributed by atoms with van der Waals surface area (Å²) in [5.41, 5.74) is 43.5. The van der Waals surface area contributed by atoms with Gasteiger partial charge in [-0.3, -0.25) is 19.2 Å². The van der Waals surface area contributed by atoms with Gasteiger partial charge in [0.05, 0.1) is 69.5 Å². The molecule has 0 bridgehead atoms. The van der Waals surface area contributed by atoms with Gasteiger partial charge in [-0.15, -0.1) is 0 Å². The van der Waals surface area contributed by atoms with Crippen molar-refractivity contribution in [1.29, 1.82) is 0 Å². The molecule has 26 heteroatoms. The van der Waals surface area contributed by atoms with Crippen molar-refractivity contribution in [2.24, 2.45) is 40.7 Å². The molecule has 3 fully saturated rings. The summed E-state index contributed by atoms with van der Waals surface area (Å²) >= 11 is 0.